The van der Waals surface area contributed by atoms with E-state index in [2.05, 4.69) is 20.3 Å². The van der Waals surface area contributed by atoms with E-state index < -0.39 is 17.9 Å². The van der Waals surface area contributed by atoms with Gasteiger partial charge in [0.05, 0.1) is 18.5 Å². The quantitative estimate of drug-likeness (QED) is 0.757. The van der Waals surface area contributed by atoms with Crippen LogP contribution in [0.2, 0.25) is 0 Å². The van der Waals surface area contributed by atoms with Gasteiger partial charge in [-0.25, -0.2) is 4.98 Å². The molecule has 0 aliphatic carbocycles. The fourth-order valence-corrected chi connectivity index (χ4v) is 2.98. The number of anilines is 1. The molecule has 2 aromatic heterocycles. The molecule has 9 heteroatoms. The summed E-state index contributed by atoms with van der Waals surface area (Å²) in [7, 11) is 0. The molecule has 9 nitrogen and oxygen atoms in total. The number of ether oxygens (including phenoxy) is 1. The van der Waals surface area contributed by atoms with Gasteiger partial charge in [-0.1, -0.05) is 27.7 Å². The molecule has 0 bridgehead atoms. The molecular formula is C16H23N5O4. The third-order valence-electron chi connectivity index (χ3n) is 4.56. The Bertz CT molecular complexity index is 843. The van der Waals surface area contributed by atoms with Gasteiger partial charge in [0.15, 0.2) is 11.2 Å². The zero-order valence-electron chi connectivity index (χ0n) is 14.7. The number of carbonyl (C=O) groups excluding carboxylic acids is 1. The van der Waals surface area contributed by atoms with Gasteiger partial charge in [0, 0.05) is 11.8 Å². The van der Waals surface area contributed by atoms with Crippen molar-refractivity contribution < 1.29 is 14.6 Å². The molecule has 1 aliphatic heterocycles. The number of hydrogen-bond donors (Lipinski definition) is 3. The molecule has 3 heterocycles. The molecule has 4 unspecified atom stereocenters. The predicted molar refractivity (Wildman–Crippen MR) is 91.0 cm³/mol. The van der Waals surface area contributed by atoms with Crippen LogP contribution in [0.5, 0.6) is 0 Å². The Balaban J connectivity index is 2.01. The van der Waals surface area contributed by atoms with Gasteiger partial charge in [-0.15, -0.1) is 0 Å². The lowest BCUT2D eigenvalue weighted by Gasteiger charge is -2.17. The van der Waals surface area contributed by atoms with Gasteiger partial charge in [-0.3, -0.25) is 24.5 Å². The maximum absolute atomic E-state index is 12.2. The Morgan fingerprint density at radius 1 is 1.52 bits per heavy atom. The van der Waals surface area contributed by atoms with Gasteiger partial charge < -0.3 is 9.84 Å². The lowest BCUT2D eigenvalue weighted by Crippen LogP contribution is -2.24. The topological polar surface area (TPSA) is 122 Å². The lowest BCUT2D eigenvalue weighted by molar-refractivity contribution is -0.118. The maximum atomic E-state index is 12.2. The van der Waals surface area contributed by atoms with Gasteiger partial charge in [-0.2, -0.15) is 4.98 Å². The first-order chi connectivity index (χ1) is 11.8. The summed E-state index contributed by atoms with van der Waals surface area (Å²) >= 11 is 0. The summed E-state index contributed by atoms with van der Waals surface area (Å²) in [4.78, 5) is 35.0. The van der Waals surface area contributed by atoms with Crippen LogP contribution in [0.1, 0.15) is 40.3 Å². The number of imidazole rings is 1. The highest BCUT2D eigenvalue weighted by atomic mass is 16.5. The van der Waals surface area contributed by atoms with Crippen LogP contribution in [-0.4, -0.2) is 42.7 Å². The monoisotopic (exact) mass is 349 g/mol. The Morgan fingerprint density at radius 2 is 2.24 bits per heavy atom. The van der Waals surface area contributed by atoms with Gasteiger partial charge in [0.2, 0.25) is 11.9 Å². The van der Waals surface area contributed by atoms with Crippen molar-refractivity contribution in [1.82, 2.24) is 19.5 Å². The molecule has 1 saturated heterocycles. The second-order valence-corrected chi connectivity index (χ2v) is 6.71. The Labute approximate surface area is 144 Å². The van der Waals surface area contributed by atoms with Crippen molar-refractivity contribution in [2.45, 2.75) is 52.6 Å². The molecular weight excluding hydrogens is 326 g/mol. The molecule has 0 aromatic carbocycles. The molecule has 0 saturated carbocycles. The van der Waals surface area contributed by atoms with E-state index >= 15 is 0 Å². The number of carbonyl (C=O) groups is 1. The number of nitrogens with one attached hydrogen (secondary N) is 2. The Kier molecular flexibility index (Phi) is 4.61. The van der Waals surface area contributed by atoms with E-state index in [0.717, 1.165) is 0 Å². The first kappa shape index (κ1) is 17.6. The van der Waals surface area contributed by atoms with E-state index in [1.54, 1.807) is 18.4 Å². The zero-order valence-corrected chi connectivity index (χ0v) is 14.7. The maximum Gasteiger partial charge on any atom is 0.280 e. The average molecular weight is 349 g/mol. The number of rotatable bonds is 4. The van der Waals surface area contributed by atoms with E-state index in [9.17, 15) is 14.7 Å². The molecule has 0 spiro atoms. The summed E-state index contributed by atoms with van der Waals surface area (Å²) in [5, 5.41) is 12.9. The minimum Gasteiger partial charge on any atom is -0.390 e. The summed E-state index contributed by atoms with van der Waals surface area (Å²) in [5.41, 5.74) is 0.0254. The molecule has 1 fully saturated rings. The molecule has 1 aliphatic rings. The van der Waals surface area contributed by atoms with Crippen LogP contribution in [0, 0.1) is 11.8 Å². The first-order valence-corrected chi connectivity index (χ1v) is 8.44. The summed E-state index contributed by atoms with van der Waals surface area (Å²) in [6.07, 6.45) is 0.799. The molecule has 3 N–H and O–H groups in total. The lowest BCUT2D eigenvalue weighted by atomic mass is 10.0. The highest BCUT2D eigenvalue weighted by Crippen LogP contribution is 2.36. The smallest absolute Gasteiger partial charge is 0.280 e. The molecule has 1 amide bonds. The number of hydrogen-bond acceptors (Lipinski definition) is 6. The highest BCUT2D eigenvalue weighted by molar-refractivity contribution is 5.91. The van der Waals surface area contributed by atoms with Crippen LogP contribution in [0.15, 0.2) is 11.1 Å². The minimum absolute atomic E-state index is 0.0659. The van der Waals surface area contributed by atoms with Gasteiger partial charge in [0.25, 0.3) is 5.56 Å². The van der Waals surface area contributed by atoms with Crippen molar-refractivity contribution in [1.29, 1.82) is 0 Å². The third-order valence-corrected chi connectivity index (χ3v) is 4.56. The number of amides is 1. The van der Waals surface area contributed by atoms with Gasteiger partial charge in [0.1, 0.15) is 6.23 Å². The van der Waals surface area contributed by atoms with Crippen molar-refractivity contribution >= 4 is 23.0 Å². The molecule has 4 atom stereocenters. The predicted octanol–water partition coefficient (Wildman–Crippen LogP) is 1.02. The Morgan fingerprint density at radius 3 is 2.84 bits per heavy atom. The second-order valence-electron chi connectivity index (χ2n) is 6.71. The Hall–Kier alpha value is -2.26. The van der Waals surface area contributed by atoms with Crippen molar-refractivity contribution in [3.63, 3.8) is 0 Å². The molecule has 25 heavy (non-hydrogen) atoms. The number of H-pyrrole nitrogens is 1. The number of aromatic amines is 1. The van der Waals surface area contributed by atoms with Crippen LogP contribution >= 0.6 is 0 Å². The normalized spacial score (nSPS) is 26.5. The van der Waals surface area contributed by atoms with E-state index in [1.165, 1.54) is 6.33 Å². The standard InChI is InChI=1S/C16H23N5O4/c1-5-9-11(22)8(4)15(25-9)21-6-17-10-12(21)18-16(20-14(10)24)19-13(23)7(2)3/h6-9,11,15,22H,5H2,1-4H3,(H2,18,19,20,23,24). The third kappa shape index (κ3) is 3.05. The zero-order chi connectivity index (χ0) is 18.3. The minimum atomic E-state index is -0.602. The number of aliphatic hydroxyl groups excluding tert-OH is 1. The van der Waals surface area contributed by atoms with Crippen molar-refractivity contribution in [2.75, 3.05) is 5.32 Å². The SMILES string of the molecule is CCC1OC(n2cnc3c(=O)[nH]c(NC(=O)C(C)C)nc32)C(C)C1O. The van der Waals surface area contributed by atoms with Crippen LogP contribution in [-0.2, 0) is 9.53 Å². The summed E-state index contributed by atoms with van der Waals surface area (Å²) in [5.74, 6) is -0.613. The number of fused-ring (bicyclic) bond motifs is 1. The van der Waals surface area contributed by atoms with Crippen LogP contribution in [0.4, 0.5) is 5.95 Å². The van der Waals surface area contributed by atoms with E-state index in [-0.39, 0.29) is 35.3 Å². The number of aliphatic hydroxyl groups is 1. The molecule has 136 valence electrons. The second kappa shape index (κ2) is 6.57. The summed E-state index contributed by atoms with van der Waals surface area (Å²) < 4.78 is 7.56. The van der Waals surface area contributed by atoms with Gasteiger partial charge >= 0.3 is 0 Å². The van der Waals surface area contributed by atoms with E-state index in [1.807, 2.05) is 13.8 Å². The highest BCUT2D eigenvalue weighted by Gasteiger charge is 2.41. The van der Waals surface area contributed by atoms with E-state index in [4.69, 9.17) is 4.74 Å². The fraction of sp³-hybridized carbons (Fsp3) is 0.625. The van der Waals surface area contributed by atoms with Gasteiger partial charge in [-0.05, 0) is 6.42 Å². The van der Waals surface area contributed by atoms with Crippen LogP contribution < -0.4 is 10.9 Å². The summed E-state index contributed by atoms with van der Waals surface area (Å²) in [6.45, 7) is 7.32. The number of nitrogens with zero attached hydrogens (tertiary/aromatic N) is 3. The van der Waals surface area contributed by atoms with Crippen molar-refractivity contribution in [3.05, 3.63) is 16.7 Å². The largest absolute Gasteiger partial charge is 0.390 e. The molecule has 3 rings (SSSR count). The molecule has 2 aromatic rings. The van der Waals surface area contributed by atoms with Crippen molar-refractivity contribution in [2.24, 2.45) is 11.8 Å². The fourth-order valence-electron chi connectivity index (χ4n) is 2.98. The van der Waals surface area contributed by atoms with Crippen LogP contribution in [0.25, 0.3) is 11.2 Å². The molecule has 0 radical (unpaired) electrons. The number of aromatic nitrogens is 4. The first-order valence-electron chi connectivity index (χ1n) is 8.44. The van der Waals surface area contributed by atoms with Crippen molar-refractivity contribution in [3.8, 4) is 0 Å². The van der Waals surface area contributed by atoms with E-state index in [0.29, 0.717) is 12.1 Å². The van der Waals surface area contributed by atoms with Crippen LogP contribution in [0.3, 0.4) is 0 Å². The summed E-state index contributed by atoms with van der Waals surface area (Å²) in [6, 6.07) is 0. The average Bonchev–Trinajstić information content (AvgIpc) is 3.10.